The molecule has 0 saturated carbocycles. The number of para-hydroxylation sites is 1. The Kier molecular flexibility index (Phi) is 13.3. The third-order valence-electron chi connectivity index (χ3n) is 8.02. The van der Waals surface area contributed by atoms with Gasteiger partial charge in [0.25, 0.3) is 5.91 Å². The van der Waals surface area contributed by atoms with E-state index in [4.69, 9.17) is 14.2 Å². The van der Waals surface area contributed by atoms with Crippen LogP contribution in [0, 0.1) is 5.92 Å². The van der Waals surface area contributed by atoms with Gasteiger partial charge in [-0.25, -0.2) is 0 Å². The van der Waals surface area contributed by atoms with Gasteiger partial charge in [-0.2, -0.15) is 0 Å². The van der Waals surface area contributed by atoms with Crippen LogP contribution in [-0.2, 0) is 25.7 Å². The van der Waals surface area contributed by atoms with Crippen LogP contribution in [0.5, 0.6) is 11.5 Å². The molecule has 0 aromatic heterocycles. The number of nitrogens with one attached hydrogen (secondary N) is 3. The van der Waals surface area contributed by atoms with E-state index in [1.165, 1.54) is 0 Å². The molecule has 11 heteroatoms. The van der Waals surface area contributed by atoms with Crippen molar-refractivity contribution in [2.45, 2.75) is 84.0 Å². The third kappa shape index (κ3) is 10.5. The Labute approximate surface area is 271 Å². The number of carbonyl (C=O) groups excluding carboxylic acids is 4. The molecule has 0 radical (unpaired) electrons. The van der Waals surface area contributed by atoms with Gasteiger partial charge in [-0.15, -0.1) is 0 Å². The van der Waals surface area contributed by atoms with Crippen molar-refractivity contribution in [3.63, 3.8) is 0 Å². The van der Waals surface area contributed by atoms with Crippen LogP contribution in [0.2, 0.25) is 0 Å². The molecule has 2 aromatic rings. The fourth-order valence-electron chi connectivity index (χ4n) is 5.55. The minimum absolute atomic E-state index is 0.0817. The molecule has 2 aliphatic rings. The first kappa shape index (κ1) is 34.7. The lowest BCUT2D eigenvalue weighted by Crippen LogP contribution is -2.53. The molecule has 1 saturated heterocycles. The van der Waals surface area contributed by atoms with Gasteiger partial charge >= 0.3 is 0 Å². The van der Waals surface area contributed by atoms with Crippen molar-refractivity contribution in [3.05, 3.63) is 59.7 Å². The predicted molar refractivity (Wildman–Crippen MR) is 173 cm³/mol. The summed E-state index contributed by atoms with van der Waals surface area (Å²) in [6.07, 6.45) is 3.88. The van der Waals surface area contributed by atoms with Gasteiger partial charge < -0.3 is 35.1 Å². The fourth-order valence-corrected chi connectivity index (χ4v) is 5.55. The highest BCUT2D eigenvalue weighted by molar-refractivity contribution is 6.01. The Morgan fingerprint density at radius 3 is 2.67 bits per heavy atom. The monoisotopic (exact) mass is 636 g/mol. The molecule has 3 N–H and O–H groups in total. The number of nitrogens with zero attached hydrogens (tertiary/aromatic N) is 1. The number of ether oxygens (including phenoxy) is 3. The van der Waals surface area contributed by atoms with Crippen LogP contribution in [0.1, 0.15) is 75.2 Å². The van der Waals surface area contributed by atoms with Gasteiger partial charge in [0.1, 0.15) is 36.8 Å². The van der Waals surface area contributed by atoms with Crippen molar-refractivity contribution in [2.24, 2.45) is 5.92 Å². The van der Waals surface area contributed by atoms with Crippen LogP contribution in [0.4, 0.5) is 0 Å². The molecule has 11 nitrogen and oxygen atoms in total. The van der Waals surface area contributed by atoms with Gasteiger partial charge in [-0.1, -0.05) is 51.5 Å². The molecule has 0 bridgehead atoms. The molecular formula is C35H48N4O7. The maximum Gasteiger partial charge on any atom is 0.255 e. The van der Waals surface area contributed by atoms with Crippen molar-refractivity contribution in [1.29, 1.82) is 0 Å². The lowest BCUT2D eigenvalue weighted by atomic mass is 10.0. The number of unbranched alkanes of at least 4 members (excludes halogenated alkanes) is 1. The van der Waals surface area contributed by atoms with Gasteiger partial charge in [0.2, 0.25) is 17.7 Å². The highest BCUT2D eigenvalue weighted by atomic mass is 16.5. The van der Waals surface area contributed by atoms with E-state index >= 15 is 0 Å². The zero-order chi connectivity index (χ0) is 32.9. The van der Waals surface area contributed by atoms with Gasteiger partial charge in [-0.3, -0.25) is 19.2 Å². The Bertz CT molecular complexity index is 1330. The standard InChI is InChI=1S/C35H48N4O7/c1-4-5-15-39-16-18-45-31-14-7-6-13-28(31)33(41)38-29(21-32(40)37-30(35(39)43)19-24(2)3)34(42)36-22-25-10-8-11-26(20-25)46-23-27-12-9-17-44-27/h6-8,10-11,13-14,20,24,27,29-30H,4-5,9,12,15-19,21-23H2,1-3H3,(H,36,42)(H,37,40)(H,38,41)/t27?,29-,30-/m0/s1. The number of rotatable bonds is 11. The zero-order valence-electron chi connectivity index (χ0n) is 27.2. The molecule has 2 heterocycles. The summed E-state index contributed by atoms with van der Waals surface area (Å²) in [5, 5.41) is 8.46. The van der Waals surface area contributed by atoms with Crippen molar-refractivity contribution < 1.29 is 33.4 Å². The molecule has 1 fully saturated rings. The summed E-state index contributed by atoms with van der Waals surface area (Å²) in [5.41, 5.74) is 1.03. The average Bonchev–Trinajstić information content (AvgIpc) is 3.57. The molecule has 2 aromatic carbocycles. The van der Waals surface area contributed by atoms with E-state index in [1.807, 2.05) is 38.1 Å². The van der Waals surface area contributed by atoms with Crippen molar-refractivity contribution in [3.8, 4) is 11.5 Å². The SMILES string of the molecule is CCCCN1CCOc2ccccc2C(=O)N[C@H](C(=O)NCc2cccc(OCC3CCCO3)c2)CC(=O)N[C@@H](CC(C)C)C1=O. The smallest absolute Gasteiger partial charge is 0.255 e. The minimum atomic E-state index is -1.20. The van der Waals surface area contributed by atoms with E-state index in [1.54, 1.807) is 29.2 Å². The van der Waals surface area contributed by atoms with E-state index in [2.05, 4.69) is 22.9 Å². The van der Waals surface area contributed by atoms with Crippen molar-refractivity contribution in [1.82, 2.24) is 20.9 Å². The summed E-state index contributed by atoms with van der Waals surface area (Å²) in [6.45, 7) is 8.40. The largest absolute Gasteiger partial charge is 0.491 e. The minimum Gasteiger partial charge on any atom is -0.491 e. The molecule has 3 atom stereocenters. The third-order valence-corrected chi connectivity index (χ3v) is 8.02. The Morgan fingerprint density at radius 1 is 1.09 bits per heavy atom. The molecule has 2 aliphatic heterocycles. The second-order valence-electron chi connectivity index (χ2n) is 12.3. The van der Waals surface area contributed by atoms with E-state index in [0.717, 1.165) is 37.9 Å². The normalized spacial score (nSPS) is 21.1. The molecule has 46 heavy (non-hydrogen) atoms. The number of carbonyl (C=O) groups is 4. The van der Waals surface area contributed by atoms with Crippen LogP contribution in [0.25, 0.3) is 0 Å². The summed E-state index contributed by atoms with van der Waals surface area (Å²) in [5.74, 6) is -0.621. The first-order valence-electron chi connectivity index (χ1n) is 16.4. The van der Waals surface area contributed by atoms with Crippen molar-refractivity contribution in [2.75, 3.05) is 32.9 Å². The molecule has 1 unspecified atom stereocenters. The quantitative estimate of drug-likeness (QED) is 0.343. The number of benzene rings is 2. The number of amides is 4. The Balaban J connectivity index is 1.51. The molecular weight excluding hydrogens is 588 g/mol. The lowest BCUT2D eigenvalue weighted by molar-refractivity contribution is -0.137. The van der Waals surface area contributed by atoms with E-state index in [-0.39, 0.29) is 43.1 Å². The van der Waals surface area contributed by atoms with E-state index in [9.17, 15) is 19.2 Å². The van der Waals surface area contributed by atoms with E-state index < -0.39 is 29.8 Å². The maximum absolute atomic E-state index is 13.7. The van der Waals surface area contributed by atoms with Crippen LogP contribution in [-0.4, -0.2) is 79.6 Å². The summed E-state index contributed by atoms with van der Waals surface area (Å²) in [7, 11) is 0. The zero-order valence-corrected chi connectivity index (χ0v) is 27.2. The first-order valence-corrected chi connectivity index (χ1v) is 16.4. The maximum atomic E-state index is 13.7. The topological polar surface area (TPSA) is 135 Å². The van der Waals surface area contributed by atoms with Gasteiger partial charge in [0, 0.05) is 19.7 Å². The molecule has 250 valence electrons. The molecule has 4 rings (SSSR count). The number of hydrogen-bond donors (Lipinski definition) is 3. The second-order valence-corrected chi connectivity index (χ2v) is 12.3. The van der Waals surface area contributed by atoms with Crippen molar-refractivity contribution >= 4 is 23.6 Å². The molecule has 0 spiro atoms. The van der Waals surface area contributed by atoms with Crippen LogP contribution in [0.15, 0.2) is 48.5 Å². The summed E-state index contributed by atoms with van der Waals surface area (Å²) < 4.78 is 17.5. The Morgan fingerprint density at radius 2 is 1.91 bits per heavy atom. The average molecular weight is 637 g/mol. The lowest BCUT2D eigenvalue weighted by Gasteiger charge is -2.30. The van der Waals surface area contributed by atoms with E-state index in [0.29, 0.717) is 37.6 Å². The summed E-state index contributed by atoms with van der Waals surface area (Å²) in [4.78, 5) is 55.8. The summed E-state index contributed by atoms with van der Waals surface area (Å²) >= 11 is 0. The van der Waals surface area contributed by atoms with Gasteiger partial charge in [-0.05, 0) is 61.4 Å². The predicted octanol–water partition coefficient (Wildman–Crippen LogP) is 3.60. The molecule has 0 aliphatic carbocycles. The summed E-state index contributed by atoms with van der Waals surface area (Å²) in [6, 6.07) is 12.2. The van der Waals surface area contributed by atoms with Crippen LogP contribution < -0.4 is 25.4 Å². The van der Waals surface area contributed by atoms with Gasteiger partial charge in [0.05, 0.1) is 24.6 Å². The molecule has 4 amide bonds. The fraction of sp³-hybridized carbons (Fsp3) is 0.543. The highest BCUT2D eigenvalue weighted by Gasteiger charge is 2.31. The Hall–Kier alpha value is -4.12. The second kappa shape index (κ2) is 17.5. The number of fused-ring (bicyclic) bond motifs is 1. The van der Waals surface area contributed by atoms with Crippen LogP contribution in [0.3, 0.4) is 0 Å². The van der Waals surface area contributed by atoms with Gasteiger partial charge in [0.15, 0.2) is 0 Å². The first-order chi connectivity index (χ1) is 22.2. The number of hydrogen-bond acceptors (Lipinski definition) is 7. The van der Waals surface area contributed by atoms with Crippen LogP contribution >= 0.6 is 0 Å². The highest BCUT2D eigenvalue weighted by Crippen LogP contribution is 2.20.